The molecule has 0 aliphatic carbocycles. The van der Waals surface area contributed by atoms with Crippen molar-refractivity contribution in [3.63, 3.8) is 0 Å². The molecule has 0 fully saturated rings. The van der Waals surface area contributed by atoms with Crippen LogP contribution in [0.1, 0.15) is 18.5 Å². The molecular weight excluding hydrogens is 414 g/mol. The quantitative estimate of drug-likeness (QED) is 0.503. The summed E-state index contributed by atoms with van der Waals surface area (Å²) in [6, 6.07) is 9.37. The lowest BCUT2D eigenvalue weighted by Crippen LogP contribution is -2.14. The fourth-order valence-electron chi connectivity index (χ4n) is 3.01. The van der Waals surface area contributed by atoms with Crippen molar-refractivity contribution in [1.29, 1.82) is 0 Å². The second-order valence-electron chi connectivity index (χ2n) is 6.60. The van der Waals surface area contributed by atoms with Crippen LogP contribution >= 0.6 is 0 Å². The van der Waals surface area contributed by atoms with Gasteiger partial charge in [0.15, 0.2) is 17.3 Å². The van der Waals surface area contributed by atoms with Crippen molar-refractivity contribution >= 4 is 26.9 Å². The predicted molar refractivity (Wildman–Crippen MR) is 106 cm³/mol. The Morgan fingerprint density at radius 1 is 1.10 bits per heavy atom. The number of fused-ring (bicyclic) bond motifs is 1. The SMILES string of the molecule is CC(Nc1ncnc2c1cnn2-c1ccc(F)c(F)c1)c1cccc(S(N)(=O)=O)c1. The van der Waals surface area contributed by atoms with E-state index >= 15 is 0 Å². The van der Waals surface area contributed by atoms with Crippen LogP contribution in [0.5, 0.6) is 0 Å². The molecule has 0 amide bonds. The summed E-state index contributed by atoms with van der Waals surface area (Å²) < 4.78 is 51.4. The standard InChI is InChI=1S/C19H16F2N6O2S/c1-11(12-3-2-4-14(7-12)30(22,28)29)26-18-15-9-25-27(19(15)24-10-23-18)13-5-6-16(20)17(21)8-13/h2-11H,1H3,(H2,22,28,29)(H,23,24,26). The third-order valence-corrected chi connectivity index (χ3v) is 5.46. The van der Waals surface area contributed by atoms with E-state index in [1.54, 1.807) is 12.1 Å². The lowest BCUT2D eigenvalue weighted by atomic mass is 10.1. The minimum Gasteiger partial charge on any atom is -0.363 e. The molecule has 1 atom stereocenters. The largest absolute Gasteiger partial charge is 0.363 e. The van der Waals surface area contributed by atoms with Crippen LogP contribution in [-0.2, 0) is 10.0 Å². The van der Waals surface area contributed by atoms with Gasteiger partial charge in [0.25, 0.3) is 0 Å². The first-order valence-electron chi connectivity index (χ1n) is 8.77. The number of rotatable bonds is 5. The van der Waals surface area contributed by atoms with Gasteiger partial charge in [-0.05, 0) is 36.8 Å². The van der Waals surface area contributed by atoms with Crippen molar-refractivity contribution in [3.8, 4) is 5.69 Å². The maximum Gasteiger partial charge on any atom is 0.238 e. The van der Waals surface area contributed by atoms with E-state index in [9.17, 15) is 17.2 Å². The number of nitrogens with two attached hydrogens (primary N) is 1. The van der Waals surface area contributed by atoms with Gasteiger partial charge < -0.3 is 5.32 Å². The van der Waals surface area contributed by atoms with Crippen LogP contribution in [-0.4, -0.2) is 28.2 Å². The van der Waals surface area contributed by atoms with E-state index in [1.807, 2.05) is 6.92 Å². The van der Waals surface area contributed by atoms with Crippen LogP contribution in [0.15, 0.2) is 59.9 Å². The highest BCUT2D eigenvalue weighted by atomic mass is 32.2. The third kappa shape index (κ3) is 3.72. The van der Waals surface area contributed by atoms with E-state index in [0.29, 0.717) is 28.1 Å². The first kappa shape index (κ1) is 19.9. The summed E-state index contributed by atoms with van der Waals surface area (Å²) >= 11 is 0. The molecule has 0 bridgehead atoms. The first-order valence-corrected chi connectivity index (χ1v) is 10.3. The molecule has 154 valence electrons. The van der Waals surface area contributed by atoms with E-state index in [4.69, 9.17) is 5.14 Å². The Hall–Kier alpha value is -3.44. The van der Waals surface area contributed by atoms with Gasteiger partial charge >= 0.3 is 0 Å². The number of nitrogens with zero attached hydrogens (tertiary/aromatic N) is 4. The lowest BCUT2D eigenvalue weighted by molar-refractivity contribution is 0.507. The predicted octanol–water partition coefficient (Wildman–Crippen LogP) is 2.91. The normalized spacial score (nSPS) is 12.8. The van der Waals surface area contributed by atoms with Gasteiger partial charge in [0, 0.05) is 6.07 Å². The monoisotopic (exact) mass is 430 g/mol. The van der Waals surface area contributed by atoms with Crippen molar-refractivity contribution in [2.75, 3.05) is 5.32 Å². The molecule has 2 aromatic heterocycles. The molecule has 3 N–H and O–H groups in total. The van der Waals surface area contributed by atoms with Crippen LogP contribution in [0, 0.1) is 11.6 Å². The minimum atomic E-state index is -3.82. The smallest absolute Gasteiger partial charge is 0.238 e. The second-order valence-corrected chi connectivity index (χ2v) is 8.16. The molecule has 2 aromatic carbocycles. The van der Waals surface area contributed by atoms with Crippen molar-refractivity contribution < 1.29 is 17.2 Å². The molecule has 0 aliphatic rings. The Labute approximate surface area is 170 Å². The highest BCUT2D eigenvalue weighted by Crippen LogP contribution is 2.26. The van der Waals surface area contributed by atoms with Crippen molar-refractivity contribution in [2.45, 2.75) is 17.9 Å². The zero-order valence-electron chi connectivity index (χ0n) is 15.6. The average molecular weight is 430 g/mol. The number of aromatic nitrogens is 4. The molecular formula is C19H16F2N6O2S. The molecule has 0 aliphatic heterocycles. The topological polar surface area (TPSA) is 116 Å². The molecule has 0 spiro atoms. The molecule has 2 heterocycles. The molecule has 8 nitrogen and oxygen atoms in total. The molecule has 0 saturated carbocycles. The number of benzene rings is 2. The Kier molecular flexibility index (Phi) is 4.92. The number of halogens is 2. The highest BCUT2D eigenvalue weighted by Gasteiger charge is 2.16. The lowest BCUT2D eigenvalue weighted by Gasteiger charge is -2.16. The highest BCUT2D eigenvalue weighted by molar-refractivity contribution is 7.89. The van der Waals surface area contributed by atoms with E-state index in [2.05, 4.69) is 20.4 Å². The summed E-state index contributed by atoms with van der Waals surface area (Å²) in [5.74, 6) is -1.50. The molecule has 30 heavy (non-hydrogen) atoms. The zero-order valence-corrected chi connectivity index (χ0v) is 16.4. The molecule has 0 saturated heterocycles. The number of hydrogen-bond donors (Lipinski definition) is 2. The second kappa shape index (κ2) is 7.43. The van der Waals surface area contributed by atoms with Crippen molar-refractivity contribution in [1.82, 2.24) is 19.7 Å². The zero-order chi connectivity index (χ0) is 21.5. The molecule has 0 radical (unpaired) electrons. The van der Waals surface area contributed by atoms with Gasteiger partial charge in [0.2, 0.25) is 10.0 Å². The van der Waals surface area contributed by atoms with E-state index in [1.165, 1.54) is 35.4 Å². The summed E-state index contributed by atoms with van der Waals surface area (Å²) in [6.45, 7) is 1.83. The number of sulfonamides is 1. The third-order valence-electron chi connectivity index (χ3n) is 4.55. The van der Waals surface area contributed by atoms with Crippen LogP contribution in [0.2, 0.25) is 0 Å². The van der Waals surface area contributed by atoms with Gasteiger partial charge in [-0.25, -0.2) is 37.0 Å². The van der Waals surface area contributed by atoms with E-state index in [-0.39, 0.29) is 10.9 Å². The van der Waals surface area contributed by atoms with Crippen LogP contribution in [0.3, 0.4) is 0 Å². The van der Waals surface area contributed by atoms with E-state index in [0.717, 1.165) is 12.1 Å². The van der Waals surface area contributed by atoms with E-state index < -0.39 is 21.7 Å². The van der Waals surface area contributed by atoms with Crippen LogP contribution < -0.4 is 10.5 Å². The summed E-state index contributed by atoms with van der Waals surface area (Å²) in [6.07, 6.45) is 2.82. The van der Waals surface area contributed by atoms with Gasteiger partial charge in [-0.1, -0.05) is 12.1 Å². The first-order chi connectivity index (χ1) is 14.2. The minimum absolute atomic E-state index is 0.00707. The maximum absolute atomic E-state index is 13.6. The van der Waals surface area contributed by atoms with Gasteiger partial charge in [-0.15, -0.1) is 0 Å². The number of nitrogens with one attached hydrogen (secondary N) is 1. The fraction of sp³-hybridized carbons (Fsp3) is 0.105. The number of anilines is 1. The van der Waals surface area contributed by atoms with Crippen LogP contribution in [0.4, 0.5) is 14.6 Å². The average Bonchev–Trinajstić information content (AvgIpc) is 3.15. The Bertz CT molecular complexity index is 1360. The Morgan fingerprint density at radius 2 is 1.90 bits per heavy atom. The maximum atomic E-state index is 13.6. The summed E-state index contributed by atoms with van der Waals surface area (Å²) in [5.41, 5.74) is 1.38. The summed E-state index contributed by atoms with van der Waals surface area (Å²) in [7, 11) is -3.82. The van der Waals surface area contributed by atoms with Crippen molar-refractivity contribution in [2.24, 2.45) is 5.14 Å². The summed E-state index contributed by atoms with van der Waals surface area (Å²) in [4.78, 5) is 8.43. The van der Waals surface area contributed by atoms with Crippen LogP contribution in [0.25, 0.3) is 16.7 Å². The Balaban J connectivity index is 1.69. The van der Waals surface area contributed by atoms with Gasteiger partial charge in [0.1, 0.15) is 12.1 Å². The summed E-state index contributed by atoms with van der Waals surface area (Å²) in [5, 5.41) is 13.2. The van der Waals surface area contributed by atoms with Gasteiger partial charge in [0.05, 0.1) is 28.2 Å². The fourth-order valence-corrected chi connectivity index (χ4v) is 3.58. The van der Waals surface area contributed by atoms with Crippen molar-refractivity contribution in [3.05, 3.63) is 72.2 Å². The molecule has 4 aromatic rings. The van der Waals surface area contributed by atoms with Gasteiger partial charge in [-0.2, -0.15) is 5.10 Å². The number of primary sulfonamides is 1. The number of hydrogen-bond acceptors (Lipinski definition) is 6. The molecule has 4 rings (SSSR count). The molecule has 11 heteroatoms. The van der Waals surface area contributed by atoms with Gasteiger partial charge in [-0.3, -0.25) is 0 Å². The molecule has 1 unspecified atom stereocenters. The Morgan fingerprint density at radius 3 is 2.63 bits per heavy atom.